The fraction of sp³-hybridized carbons (Fsp3) is 0.375. The van der Waals surface area contributed by atoms with E-state index in [2.05, 4.69) is 4.98 Å². The normalized spacial score (nSPS) is 10.5. The van der Waals surface area contributed by atoms with E-state index in [0.717, 1.165) is 12.2 Å². The minimum Gasteiger partial charge on any atom is -0.318 e. The average Bonchev–Trinajstić information content (AvgIpc) is 2.06. The highest BCUT2D eigenvalue weighted by Crippen LogP contribution is 1.95. The van der Waals surface area contributed by atoms with Gasteiger partial charge in [0.05, 0.1) is 5.69 Å². The van der Waals surface area contributed by atoms with Crippen molar-refractivity contribution in [1.29, 1.82) is 0 Å². The van der Waals surface area contributed by atoms with E-state index in [9.17, 15) is 0 Å². The van der Waals surface area contributed by atoms with Crippen LogP contribution >= 0.6 is 0 Å². The van der Waals surface area contributed by atoms with E-state index in [1.807, 2.05) is 30.1 Å². The van der Waals surface area contributed by atoms with Gasteiger partial charge in [0, 0.05) is 19.4 Å². The molecule has 0 aliphatic carbocycles. The molecule has 0 amide bonds. The van der Waals surface area contributed by atoms with Crippen LogP contribution < -0.4 is 5.73 Å². The van der Waals surface area contributed by atoms with Gasteiger partial charge in [-0.25, -0.2) is 0 Å². The summed E-state index contributed by atoms with van der Waals surface area (Å²) >= 11 is 0. The molecular weight excluding hydrogens is 138 g/mol. The van der Waals surface area contributed by atoms with Gasteiger partial charge in [0.1, 0.15) is 0 Å². The van der Waals surface area contributed by atoms with Gasteiger partial charge in [0.15, 0.2) is 0 Å². The van der Waals surface area contributed by atoms with Crippen molar-refractivity contribution in [2.75, 3.05) is 13.7 Å². The van der Waals surface area contributed by atoms with Gasteiger partial charge in [0.25, 0.3) is 0 Å². The maximum Gasteiger partial charge on any atom is 0.0544 e. The van der Waals surface area contributed by atoms with Crippen LogP contribution in [-0.4, -0.2) is 23.6 Å². The molecule has 0 unspecified atom stereocenters. The molecule has 0 aliphatic heterocycles. The fourth-order valence-electron chi connectivity index (χ4n) is 0.833. The van der Waals surface area contributed by atoms with E-state index in [4.69, 9.17) is 5.73 Å². The van der Waals surface area contributed by atoms with Crippen molar-refractivity contribution in [3.05, 3.63) is 30.1 Å². The second-order valence-electron chi connectivity index (χ2n) is 2.52. The van der Waals surface area contributed by atoms with Crippen LogP contribution in [-0.2, 0) is 6.54 Å². The number of hydrogen-bond acceptors (Lipinski definition) is 3. The molecule has 0 bridgehead atoms. The van der Waals surface area contributed by atoms with Crippen LogP contribution in [0, 0.1) is 0 Å². The number of rotatable bonds is 3. The SMILES string of the molecule is CN(CN)Cc1ccccn1. The van der Waals surface area contributed by atoms with Crippen molar-refractivity contribution < 1.29 is 0 Å². The van der Waals surface area contributed by atoms with Crippen molar-refractivity contribution in [3.63, 3.8) is 0 Å². The van der Waals surface area contributed by atoms with Gasteiger partial charge in [0.2, 0.25) is 0 Å². The Bertz CT molecular complexity index is 198. The van der Waals surface area contributed by atoms with Gasteiger partial charge in [-0.05, 0) is 19.2 Å². The molecule has 0 saturated heterocycles. The molecule has 1 aromatic heterocycles. The molecule has 0 radical (unpaired) electrons. The van der Waals surface area contributed by atoms with E-state index in [1.54, 1.807) is 6.20 Å². The number of pyridine rings is 1. The summed E-state index contributed by atoms with van der Waals surface area (Å²) in [6.45, 7) is 1.38. The molecule has 1 rings (SSSR count). The molecule has 1 heterocycles. The molecule has 0 fully saturated rings. The quantitative estimate of drug-likeness (QED) is 0.637. The van der Waals surface area contributed by atoms with E-state index in [0.29, 0.717) is 6.67 Å². The summed E-state index contributed by atoms with van der Waals surface area (Å²) in [4.78, 5) is 6.17. The summed E-state index contributed by atoms with van der Waals surface area (Å²) in [6, 6.07) is 5.88. The zero-order chi connectivity index (χ0) is 8.10. The number of hydrogen-bond donors (Lipinski definition) is 1. The molecule has 0 aromatic carbocycles. The number of nitrogens with two attached hydrogens (primary N) is 1. The van der Waals surface area contributed by atoms with Gasteiger partial charge in [-0.1, -0.05) is 6.07 Å². The summed E-state index contributed by atoms with van der Waals surface area (Å²) in [5.74, 6) is 0. The molecule has 1 aromatic rings. The Labute approximate surface area is 66.8 Å². The van der Waals surface area contributed by atoms with Crippen LogP contribution in [0.2, 0.25) is 0 Å². The Morgan fingerprint density at radius 1 is 1.55 bits per heavy atom. The highest BCUT2D eigenvalue weighted by Gasteiger charge is 1.96. The molecule has 0 atom stereocenters. The van der Waals surface area contributed by atoms with Gasteiger partial charge >= 0.3 is 0 Å². The lowest BCUT2D eigenvalue weighted by molar-refractivity contribution is 0.333. The van der Waals surface area contributed by atoms with Gasteiger partial charge in [-0.2, -0.15) is 0 Å². The van der Waals surface area contributed by atoms with Gasteiger partial charge < -0.3 is 5.73 Å². The summed E-state index contributed by atoms with van der Waals surface area (Å²) < 4.78 is 0. The topological polar surface area (TPSA) is 42.1 Å². The monoisotopic (exact) mass is 151 g/mol. The summed E-state index contributed by atoms with van der Waals surface area (Å²) in [5.41, 5.74) is 6.47. The van der Waals surface area contributed by atoms with Crippen molar-refractivity contribution in [3.8, 4) is 0 Å². The predicted molar refractivity (Wildman–Crippen MR) is 44.8 cm³/mol. The maximum atomic E-state index is 5.42. The molecule has 3 heteroatoms. The Kier molecular flexibility index (Phi) is 3.01. The third kappa shape index (κ3) is 2.65. The van der Waals surface area contributed by atoms with Crippen LogP contribution in [0.4, 0.5) is 0 Å². The molecule has 0 aliphatic rings. The van der Waals surface area contributed by atoms with Crippen molar-refractivity contribution in [2.24, 2.45) is 5.73 Å². The van der Waals surface area contributed by atoms with E-state index in [1.165, 1.54) is 0 Å². The molecule has 11 heavy (non-hydrogen) atoms. The van der Waals surface area contributed by atoms with Crippen LogP contribution in [0.3, 0.4) is 0 Å². The fourth-order valence-corrected chi connectivity index (χ4v) is 0.833. The van der Waals surface area contributed by atoms with Gasteiger partial charge in [-0.15, -0.1) is 0 Å². The zero-order valence-electron chi connectivity index (χ0n) is 6.70. The van der Waals surface area contributed by atoms with Crippen molar-refractivity contribution in [2.45, 2.75) is 6.54 Å². The van der Waals surface area contributed by atoms with Gasteiger partial charge in [-0.3, -0.25) is 9.88 Å². The van der Waals surface area contributed by atoms with E-state index < -0.39 is 0 Å². The highest BCUT2D eigenvalue weighted by atomic mass is 15.1. The van der Waals surface area contributed by atoms with Crippen LogP contribution in [0.1, 0.15) is 5.69 Å². The Morgan fingerprint density at radius 3 is 2.91 bits per heavy atom. The molecule has 3 nitrogen and oxygen atoms in total. The highest BCUT2D eigenvalue weighted by molar-refractivity contribution is 5.02. The van der Waals surface area contributed by atoms with Crippen molar-refractivity contribution in [1.82, 2.24) is 9.88 Å². The maximum absolute atomic E-state index is 5.42. The molecule has 2 N–H and O–H groups in total. The second kappa shape index (κ2) is 4.05. The molecule has 60 valence electrons. The lowest BCUT2D eigenvalue weighted by atomic mass is 10.3. The predicted octanol–water partition coefficient (Wildman–Crippen LogP) is 0.430. The molecule has 0 saturated carbocycles. The second-order valence-corrected chi connectivity index (χ2v) is 2.52. The van der Waals surface area contributed by atoms with E-state index in [-0.39, 0.29) is 0 Å². The third-order valence-electron chi connectivity index (χ3n) is 1.47. The first-order chi connectivity index (χ1) is 5.33. The Morgan fingerprint density at radius 2 is 2.36 bits per heavy atom. The first-order valence-electron chi connectivity index (χ1n) is 3.61. The lowest BCUT2D eigenvalue weighted by Crippen LogP contribution is -2.25. The minimum absolute atomic E-state index is 0.566. The largest absolute Gasteiger partial charge is 0.318 e. The third-order valence-corrected chi connectivity index (χ3v) is 1.47. The first kappa shape index (κ1) is 8.17. The Hall–Kier alpha value is -0.930. The average molecular weight is 151 g/mol. The van der Waals surface area contributed by atoms with Crippen molar-refractivity contribution >= 4 is 0 Å². The standard InChI is InChI=1S/C8H13N3/c1-11(7-9)6-8-4-2-3-5-10-8/h2-5H,6-7,9H2,1H3. The lowest BCUT2D eigenvalue weighted by Gasteiger charge is -2.11. The summed E-state index contributed by atoms with van der Waals surface area (Å²) in [6.07, 6.45) is 1.79. The Balaban J connectivity index is 2.51. The number of aromatic nitrogens is 1. The smallest absolute Gasteiger partial charge is 0.0544 e. The summed E-state index contributed by atoms with van der Waals surface area (Å²) in [5, 5.41) is 0. The number of nitrogens with zero attached hydrogens (tertiary/aromatic N) is 2. The molecule has 0 spiro atoms. The minimum atomic E-state index is 0.566. The summed E-state index contributed by atoms with van der Waals surface area (Å²) in [7, 11) is 1.97. The first-order valence-corrected chi connectivity index (χ1v) is 3.61. The van der Waals surface area contributed by atoms with Crippen LogP contribution in [0.25, 0.3) is 0 Å². The molecular formula is C8H13N3. The van der Waals surface area contributed by atoms with Crippen LogP contribution in [0.5, 0.6) is 0 Å². The van der Waals surface area contributed by atoms with E-state index >= 15 is 0 Å². The zero-order valence-corrected chi connectivity index (χ0v) is 6.70. The van der Waals surface area contributed by atoms with Crippen LogP contribution in [0.15, 0.2) is 24.4 Å².